The van der Waals surface area contributed by atoms with Gasteiger partial charge in [0.25, 0.3) is 5.91 Å². The number of rotatable bonds is 1. The smallest absolute Gasteiger partial charge is 0.303 e. The van der Waals surface area contributed by atoms with Crippen LogP contribution in [0, 0.1) is 6.92 Å². The minimum Gasteiger partial charge on any atom is -0.303 e. The average molecular weight is 325 g/mol. The zero-order valence-electron chi connectivity index (χ0n) is 14.1. The summed E-state index contributed by atoms with van der Waals surface area (Å²) < 4.78 is 0. The van der Waals surface area contributed by atoms with Crippen molar-refractivity contribution in [3.8, 4) is 0 Å². The first-order valence-electron chi connectivity index (χ1n) is 7.89. The van der Waals surface area contributed by atoms with Crippen molar-refractivity contribution in [3.05, 3.63) is 41.2 Å². The van der Waals surface area contributed by atoms with E-state index in [1.165, 1.54) is 10.5 Å². The van der Waals surface area contributed by atoms with Crippen LogP contribution >= 0.6 is 0 Å². The van der Waals surface area contributed by atoms with E-state index in [1.807, 2.05) is 54.8 Å². The monoisotopic (exact) mass is 325 g/mol. The van der Waals surface area contributed by atoms with E-state index in [4.69, 9.17) is 4.99 Å². The highest BCUT2D eigenvalue weighted by atomic mass is 16.2. The molecule has 0 bridgehead atoms. The van der Waals surface area contributed by atoms with Crippen molar-refractivity contribution in [1.29, 1.82) is 0 Å². The quantitative estimate of drug-likeness (QED) is 0.852. The number of likely N-dealkylation sites (N-methyl/N-ethyl adjacent to an activating group) is 1. The van der Waals surface area contributed by atoms with Crippen LogP contribution in [0.5, 0.6) is 0 Å². The van der Waals surface area contributed by atoms with Gasteiger partial charge in [0.2, 0.25) is 5.96 Å². The highest BCUT2D eigenvalue weighted by molar-refractivity contribution is 6.10. The molecule has 0 spiro atoms. The molecule has 24 heavy (non-hydrogen) atoms. The van der Waals surface area contributed by atoms with Gasteiger partial charge in [0.05, 0.1) is 0 Å². The van der Waals surface area contributed by atoms with Crippen molar-refractivity contribution in [1.82, 2.24) is 15.1 Å². The molecule has 3 heterocycles. The van der Waals surface area contributed by atoms with E-state index in [1.54, 1.807) is 7.05 Å². The van der Waals surface area contributed by atoms with Crippen LogP contribution in [0.4, 0.5) is 10.5 Å². The van der Waals surface area contributed by atoms with Gasteiger partial charge in [-0.1, -0.05) is 17.7 Å². The second-order valence-corrected chi connectivity index (χ2v) is 6.40. The molecule has 7 nitrogen and oxygen atoms in total. The SMILES string of the molecule is CC1=C(C)N2C(=NC3C2C(=O)NC(=O)N3C)N1c1ccc(C)cc1. The summed E-state index contributed by atoms with van der Waals surface area (Å²) in [6.45, 7) is 6.03. The Labute approximate surface area is 140 Å². The Balaban J connectivity index is 1.81. The van der Waals surface area contributed by atoms with Gasteiger partial charge in [0.1, 0.15) is 0 Å². The number of nitrogens with one attached hydrogen (secondary N) is 1. The van der Waals surface area contributed by atoms with Crippen molar-refractivity contribution in [3.63, 3.8) is 0 Å². The maximum absolute atomic E-state index is 12.4. The molecule has 7 heteroatoms. The van der Waals surface area contributed by atoms with Crippen LogP contribution in [0.25, 0.3) is 0 Å². The fourth-order valence-corrected chi connectivity index (χ4v) is 3.46. The Bertz CT molecular complexity index is 811. The molecular formula is C17H19N5O2. The van der Waals surface area contributed by atoms with Crippen molar-refractivity contribution in [2.75, 3.05) is 11.9 Å². The molecule has 3 amide bonds. The number of benzene rings is 1. The van der Waals surface area contributed by atoms with Crippen LogP contribution in [0.3, 0.4) is 0 Å². The van der Waals surface area contributed by atoms with Crippen LogP contribution in [0.15, 0.2) is 40.7 Å². The Morgan fingerprint density at radius 1 is 1.04 bits per heavy atom. The molecule has 1 saturated heterocycles. The van der Waals surface area contributed by atoms with Crippen LogP contribution < -0.4 is 10.2 Å². The van der Waals surface area contributed by atoms with Crippen LogP contribution in [-0.4, -0.2) is 47.0 Å². The summed E-state index contributed by atoms with van der Waals surface area (Å²) in [5, 5.41) is 2.40. The summed E-state index contributed by atoms with van der Waals surface area (Å²) in [4.78, 5) is 34.4. The number of guanidine groups is 1. The lowest BCUT2D eigenvalue weighted by molar-refractivity contribution is -0.126. The standard InChI is InChI=1S/C17H19N5O2/c1-9-5-7-12(8-6-9)21-10(2)11(3)22-13-14(18-16(21)22)20(4)17(24)19-15(13)23/h5-8,13-14H,1-4H3,(H,19,23,24). The molecule has 1 aromatic rings. The molecule has 1 aromatic carbocycles. The number of amides is 3. The molecule has 0 saturated carbocycles. The predicted molar refractivity (Wildman–Crippen MR) is 90.2 cm³/mol. The van der Waals surface area contributed by atoms with Crippen molar-refractivity contribution in [2.24, 2.45) is 4.99 Å². The van der Waals surface area contributed by atoms with Gasteiger partial charge >= 0.3 is 6.03 Å². The third-order valence-corrected chi connectivity index (χ3v) is 4.95. The molecule has 2 atom stereocenters. The van der Waals surface area contributed by atoms with Gasteiger partial charge in [-0.05, 0) is 32.9 Å². The fraction of sp³-hybridized carbons (Fsp3) is 0.353. The van der Waals surface area contributed by atoms with Gasteiger partial charge in [0, 0.05) is 24.1 Å². The predicted octanol–water partition coefficient (Wildman–Crippen LogP) is 1.61. The largest absolute Gasteiger partial charge is 0.325 e. The molecule has 3 aliphatic rings. The first-order chi connectivity index (χ1) is 11.4. The number of allylic oxidation sites excluding steroid dienone is 2. The van der Waals surface area contributed by atoms with Crippen LogP contribution in [-0.2, 0) is 4.79 Å². The van der Waals surface area contributed by atoms with Crippen LogP contribution in [0.1, 0.15) is 19.4 Å². The summed E-state index contributed by atoms with van der Waals surface area (Å²) in [5.41, 5.74) is 4.18. The van der Waals surface area contributed by atoms with E-state index in [0.29, 0.717) is 5.96 Å². The molecular weight excluding hydrogens is 306 g/mol. The molecule has 4 rings (SSSR count). The number of hydrogen-bond donors (Lipinski definition) is 1. The number of carbonyl (C=O) groups excluding carboxylic acids is 2. The number of aliphatic imine (C=N–C) groups is 1. The topological polar surface area (TPSA) is 68.2 Å². The number of hydrogen-bond acceptors (Lipinski definition) is 5. The lowest BCUT2D eigenvalue weighted by atomic mass is 10.1. The molecule has 1 N–H and O–H groups in total. The molecule has 0 aromatic heterocycles. The van der Waals surface area contributed by atoms with E-state index in [0.717, 1.165) is 17.1 Å². The number of imide groups is 1. The molecule has 1 fully saturated rings. The third-order valence-electron chi connectivity index (χ3n) is 4.95. The van der Waals surface area contributed by atoms with Gasteiger partial charge in [-0.15, -0.1) is 0 Å². The summed E-state index contributed by atoms with van der Waals surface area (Å²) in [7, 11) is 1.66. The summed E-state index contributed by atoms with van der Waals surface area (Å²) >= 11 is 0. The Kier molecular flexibility index (Phi) is 2.97. The molecule has 3 aliphatic heterocycles. The normalized spacial score (nSPS) is 25.8. The number of aryl methyl sites for hydroxylation is 1. The van der Waals surface area contributed by atoms with Crippen molar-refractivity contribution < 1.29 is 9.59 Å². The Morgan fingerprint density at radius 3 is 2.38 bits per heavy atom. The second kappa shape index (κ2) is 4.83. The van der Waals surface area contributed by atoms with Gasteiger partial charge in [-0.3, -0.25) is 19.9 Å². The van der Waals surface area contributed by atoms with Gasteiger partial charge in [0.15, 0.2) is 12.2 Å². The van der Waals surface area contributed by atoms with Gasteiger partial charge in [-0.2, -0.15) is 0 Å². The van der Waals surface area contributed by atoms with E-state index in [2.05, 4.69) is 5.32 Å². The highest BCUT2D eigenvalue weighted by Gasteiger charge is 2.53. The minimum atomic E-state index is -0.520. The lowest BCUT2D eigenvalue weighted by Gasteiger charge is -2.35. The molecule has 0 aliphatic carbocycles. The fourth-order valence-electron chi connectivity index (χ4n) is 3.46. The number of anilines is 1. The summed E-state index contributed by atoms with van der Waals surface area (Å²) in [6, 6.07) is 7.24. The first kappa shape index (κ1) is 14.7. The van der Waals surface area contributed by atoms with Gasteiger partial charge < -0.3 is 4.90 Å². The van der Waals surface area contributed by atoms with Crippen LogP contribution in [0.2, 0.25) is 0 Å². The highest BCUT2D eigenvalue weighted by Crippen LogP contribution is 2.38. The zero-order chi connectivity index (χ0) is 17.2. The molecule has 124 valence electrons. The maximum atomic E-state index is 12.4. The maximum Gasteiger partial charge on any atom is 0.325 e. The number of carbonyl (C=O) groups is 2. The van der Waals surface area contributed by atoms with Crippen molar-refractivity contribution >= 4 is 23.6 Å². The molecule has 2 unspecified atom stereocenters. The minimum absolute atomic E-state index is 0.306. The second-order valence-electron chi connectivity index (χ2n) is 6.40. The zero-order valence-corrected chi connectivity index (χ0v) is 14.1. The van der Waals surface area contributed by atoms with Crippen molar-refractivity contribution in [2.45, 2.75) is 33.0 Å². The van der Waals surface area contributed by atoms with Gasteiger partial charge in [-0.25, -0.2) is 9.79 Å². The summed E-state index contributed by atoms with van der Waals surface area (Å²) in [6.07, 6.45) is -0.503. The Morgan fingerprint density at radius 2 is 1.71 bits per heavy atom. The number of nitrogens with zero attached hydrogens (tertiary/aromatic N) is 4. The average Bonchev–Trinajstić information content (AvgIpc) is 3.04. The van der Waals surface area contributed by atoms with E-state index in [9.17, 15) is 9.59 Å². The lowest BCUT2D eigenvalue weighted by Crippen LogP contribution is -2.63. The number of urea groups is 1. The molecule has 0 radical (unpaired) electrons. The first-order valence-corrected chi connectivity index (χ1v) is 7.89. The number of fused-ring (bicyclic) bond motifs is 3. The van der Waals surface area contributed by atoms with E-state index in [-0.39, 0.29) is 5.91 Å². The summed E-state index contributed by atoms with van der Waals surface area (Å²) in [5.74, 6) is 0.389. The van der Waals surface area contributed by atoms with E-state index < -0.39 is 18.2 Å². The Hall–Kier alpha value is -2.83. The third kappa shape index (κ3) is 1.81. The van der Waals surface area contributed by atoms with E-state index >= 15 is 0 Å².